The van der Waals surface area contributed by atoms with Crippen molar-refractivity contribution in [1.82, 2.24) is 14.1 Å². The quantitative estimate of drug-likeness (QED) is 0.582. The number of amides is 2. The maximum atomic E-state index is 14.0. The SMILES string of the molecule is CN(C)C(=O)COc1cccc(C(=O)N2CCN(S(=O)(=O)c3ccc(F)c(F)c3F)CC2)c1. The van der Waals surface area contributed by atoms with E-state index in [2.05, 4.69) is 0 Å². The van der Waals surface area contributed by atoms with Gasteiger partial charge in [-0.15, -0.1) is 0 Å². The molecular weight excluding hydrogens is 463 g/mol. The average Bonchev–Trinajstić information content (AvgIpc) is 2.80. The summed E-state index contributed by atoms with van der Waals surface area (Å²) >= 11 is 0. The summed E-state index contributed by atoms with van der Waals surface area (Å²) in [4.78, 5) is 26.3. The van der Waals surface area contributed by atoms with E-state index < -0.39 is 32.4 Å². The monoisotopic (exact) mass is 485 g/mol. The van der Waals surface area contributed by atoms with Gasteiger partial charge in [-0.1, -0.05) is 6.07 Å². The predicted octanol–water partition coefficient (Wildman–Crippen LogP) is 1.72. The van der Waals surface area contributed by atoms with E-state index in [0.29, 0.717) is 17.9 Å². The van der Waals surface area contributed by atoms with Crippen LogP contribution in [0.1, 0.15) is 10.4 Å². The van der Waals surface area contributed by atoms with Gasteiger partial charge in [0.05, 0.1) is 0 Å². The number of ether oxygens (including phenoxy) is 1. The van der Waals surface area contributed by atoms with Crippen LogP contribution in [0.25, 0.3) is 0 Å². The van der Waals surface area contributed by atoms with Crippen molar-refractivity contribution >= 4 is 21.8 Å². The lowest BCUT2D eigenvalue weighted by Crippen LogP contribution is -2.50. The number of carbonyl (C=O) groups excluding carboxylic acids is 2. The number of nitrogens with zero attached hydrogens (tertiary/aromatic N) is 3. The molecule has 1 aliphatic rings. The molecule has 1 heterocycles. The molecule has 1 saturated heterocycles. The van der Waals surface area contributed by atoms with Crippen molar-refractivity contribution in [3.8, 4) is 5.75 Å². The fraction of sp³-hybridized carbons (Fsp3) is 0.333. The van der Waals surface area contributed by atoms with Crippen molar-refractivity contribution in [2.24, 2.45) is 0 Å². The van der Waals surface area contributed by atoms with Gasteiger partial charge in [0, 0.05) is 45.8 Å². The highest BCUT2D eigenvalue weighted by atomic mass is 32.2. The van der Waals surface area contributed by atoms with E-state index >= 15 is 0 Å². The van der Waals surface area contributed by atoms with Gasteiger partial charge in [-0.3, -0.25) is 9.59 Å². The Morgan fingerprint density at radius 2 is 1.67 bits per heavy atom. The fourth-order valence-corrected chi connectivity index (χ4v) is 4.63. The van der Waals surface area contributed by atoms with Gasteiger partial charge in [-0.05, 0) is 30.3 Å². The summed E-state index contributed by atoms with van der Waals surface area (Å²) in [6.07, 6.45) is 0. The van der Waals surface area contributed by atoms with Gasteiger partial charge in [0.15, 0.2) is 24.1 Å². The topological polar surface area (TPSA) is 87.2 Å². The van der Waals surface area contributed by atoms with Crippen molar-refractivity contribution < 1.29 is 35.9 Å². The zero-order valence-electron chi connectivity index (χ0n) is 17.9. The van der Waals surface area contributed by atoms with Gasteiger partial charge in [-0.2, -0.15) is 4.31 Å². The Bertz CT molecular complexity index is 1170. The smallest absolute Gasteiger partial charge is 0.259 e. The number of rotatable bonds is 6. The number of carbonyl (C=O) groups is 2. The molecule has 8 nitrogen and oxygen atoms in total. The van der Waals surface area contributed by atoms with Crippen LogP contribution < -0.4 is 4.74 Å². The molecule has 0 N–H and O–H groups in total. The predicted molar refractivity (Wildman–Crippen MR) is 112 cm³/mol. The summed E-state index contributed by atoms with van der Waals surface area (Å²) in [6.45, 7) is -0.483. The number of benzene rings is 2. The number of likely N-dealkylation sites (N-methyl/N-ethyl adjacent to an activating group) is 1. The summed E-state index contributed by atoms with van der Waals surface area (Å²) in [5, 5.41) is 0. The van der Waals surface area contributed by atoms with Gasteiger partial charge in [0.1, 0.15) is 10.6 Å². The van der Waals surface area contributed by atoms with Gasteiger partial charge in [-0.25, -0.2) is 21.6 Å². The van der Waals surface area contributed by atoms with Gasteiger partial charge < -0.3 is 14.5 Å². The van der Waals surface area contributed by atoms with Crippen LogP contribution in [-0.4, -0.2) is 81.2 Å². The molecule has 1 aliphatic heterocycles. The van der Waals surface area contributed by atoms with Crippen LogP contribution in [0.5, 0.6) is 5.75 Å². The molecule has 33 heavy (non-hydrogen) atoms. The Morgan fingerprint density at radius 3 is 2.30 bits per heavy atom. The lowest BCUT2D eigenvalue weighted by Gasteiger charge is -2.34. The molecule has 0 spiro atoms. The van der Waals surface area contributed by atoms with E-state index in [1.54, 1.807) is 32.3 Å². The highest BCUT2D eigenvalue weighted by molar-refractivity contribution is 7.89. The number of hydrogen-bond acceptors (Lipinski definition) is 5. The molecule has 0 radical (unpaired) electrons. The highest BCUT2D eigenvalue weighted by Gasteiger charge is 2.33. The molecule has 178 valence electrons. The van der Waals surface area contributed by atoms with Crippen LogP contribution >= 0.6 is 0 Å². The first-order valence-electron chi connectivity index (χ1n) is 9.88. The molecule has 2 amide bonds. The van der Waals surface area contributed by atoms with E-state index in [0.717, 1.165) is 4.31 Å². The second-order valence-corrected chi connectivity index (χ2v) is 9.38. The molecular formula is C21H22F3N3O5S. The summed E-state index contributed by atoms with van der Waals surface area (Å²) in [6, 6.07) is 7.45. The molecule has 2 aromatic carbocycles. The molecule has 0 aromatic heterocycles. The first-order valence-corrected chi connectivity index (χ1v) is 11.3. The fourth-order valence-electron chi connectivity index (χ4n) is 3.15. The van der Waals surface area contributed by atoms with Crippen molar-refractivity contribution in [3.05, 3.63) is 59.4 Å². The second-order valence-electron chi connectivity index (χ2n) is 7.47. The molecule has 0 aliphatic carbocycles. The minimum atomic E-state index is -4.42. The normalized spacial score (nSPS) is 14.8. The number of sulfonamides is 1. The lowest BCUT2D eigenvalue weighted by molar-refractivity contribution is -0.130. The number of hydrogen-bond donors (Lipinski definition) is 0. The maximum absolute atomic E-state index is 14.0. The molecule has 0 saturated carbocycles. The van der Waals surface area contributed by atoms with Crippen molar-refractivity contribution in [2.75, 3.05) is 46.9 Å². The molecule has 12 heteroatoms. The summed E-state index contributed by atoms with van der Waals surface area (Å²) < 4.78 is 72.3. The van der Waals surface area contributed by atoms with Crippen molar-refractivity contribution in [1.29, 1.82) is 0 Å². The zero-order chi connectivity index (χ0) is 24.3. The van der Waals surface area contributed by atoms with Gasteiger partial charge in [0.2, 0.25) is 10.0 Å². The number of piperazine rings is 1. The zero-order valence-corrected chi connectivity index (χ0v) is 18.7. The largest absolute Gasteiger partial charge is 0.484 e. The number of halogens is 3. The van der Waals surface area contributed by atoms with Crippen LogP contribution in [0.3, 0.4) is 0 Å². The van der Waals surface area contributed by atoms with E-state index in [4.69, 9.17) is 4.74 Å². The summed E-state index contributed by atoms with van der Waals surface area (Å²) in [5.41, 5.74) is 0.285. The molecule has 1 fully saturated rings. The molecule has 0 unspecified atom stereocenters. The van der Waals surface area contributed by atoms with Gasteiger partial charge >= 0.3 is 0 Å². The third kappa shape index (κ3) is 5.28. The maximum Gasteiger partial charge on any atom is 0.259 e. The van der Waals surface area contributed by atoms with Crippen LogP contribution in [0.2, 0.25) is 0 Å². The Balaban J connectivity index is 1.66. The summed E-state index contributed by atoms with van der Waals surface area (Å²) in [7, 11) is -1.24. The first-order chi connectivity index (χ1) is 15.5. The second kappa shape index (κ2) is 9.79. The molecule has 2 aromatic rings. The van der Waals surface area contributed by atoms with E-state index in [9.17, 15) is 31.2 Å². The molecule has 0 atom stereocenters. The van der Waals surface area contributed by atoms with Gasteiger partial charge in [0.25, 0.3) is 11.8 Å². The first kappa shape index (κ1) is 24.5. The highest BCUT2D eigenvalue weighted by Crippen LogP contribution is 2.24. The minimum Gasteiger partial charge on any atom is -0.484 e. The van der Waals surface area contributed by atoms with Crippen LogP contribution in [-0.2, 0) is 14.8 Å². The Labute approximate surface area is 189 Å². The van der Waals surface area contributed by atoms with Crippen LogP contribution in [0.15, 0.2) is 41.3 Å². The Hall–Kier alpha value is -3.12. The molecule has 0 bridgehead atoms. The standard InChI is InChI=1S/C21H22F3N3O5S/c1-25(2)18(28)13-32-15-5-3-4-14(12-15)21(29)26-8-10-27(11-9-26)33(30,31)17-7-6-16(22)19(23)20(17)24/h3-7,12H,8-11,13H2,1-2H3. The third-order valence-electron chi connectivity index (χ3n) is 5.09. The average molecular weight is 485 g/mol. The Morgan fingerprint density at radius 1 is 1.00 bits per heavy atom. The van der Waals surface area contributed by atoms with Crippen LogP contribution in [0, 0.1) is 17.5 Å². The van der Waals surface area contributed by atoms with Crippen molar-refractivity contribution in [3.63, 3.8) is 0 Å². The summed E-state index contributed by atoms with van der Waals surface area (Å²) in [5.74, 6) is -5.43. The Kier molecular flexibility index (Phi) is 7.28. The minimum absolute atomic E-state index is 0.00750. The molecule has 3 rings (SSSR count). The van der Waals surface area contributed by atoms with E-state index in [1.165, 1.54) is 15.9 Å². The third-order valence-corrected chi connectivity index (χ3v) is 7.00. The van der Waals surface area contributed by atoms with Crippen molar-refractivity contribution in [2.45, 2.75) is 4.90 Å². The lowest BCUT2D eigenvalue weighted by atomic mass is 10.1. The van der Waals surface area contributed by atoms with E-state index in [-0.39, 0.29) is 50.2 Å². The van der Waals surface area contributed by atoms with Crippen LogP contribution in [0.4, 0.5) is 13.2 Å². The van der Waals surface area contributed by atoms with E-state index in [1.807, 2.05) is 0 Å².